The fourth-order valence-corrected chi connectivity index (χ4v) is 6.68. The minimum atomic E-state index is 0.234. The molecule has 0 aromatic heterocycles. The summed E-state index contributed by atoms with van der Waals surface area (Å²) in [5.74, 6) is 1.50. The molecule has 0 amide bonds. The Labute approximate surface area is 156 Å². The maximum Gasteiger partial charge on any atom is 0.0412 e. The second kappa shape index (κ2) is 5.25. The highest BCUT2D eigenvalue weighted by Gasteiger charge is 2.55. The van der Waals surface area contributed by atoms with Crippen molar-refractivity contribution in [1.29, 1.82) is 0 Å². The first-order valence-electron chi connectivity index (χ1n) is 10.4. The molecule has 1 aliphatic heterocycles. The van der Waals surface area contributed by atoms with Crippen LogP contribution in [0, 0.1) is 5.92 Å². The van der Waals surface area contributed by atoms with Crippen molar-refractivity contribution in [3.8, 4) is 0 Å². The molecule has 1 saturated carbocycles. The molecule has 1 spiro atoms. The molecule has 6 rings (SSSR count). The van der Waals surface area contributed by atoms with Crippen molar-refractivity contribution in [2.75, 3.05) is 13.1 Å². The van der Waals surface area contributed by atoms with E-state index in [0.717, 1.165) is 5.92 Å². The summed E-state index contributed by atoms with van der Waals surface area (Å²) in [7, 11) is 0. The van der Waals surface area contributed by atoms with Gasteiger partial charge in [0.25, 0.3) is 0 Å². The van der Waals surface area contributed by atoms with Gasteiger partial charge >= 0.3 is 0 Å². The van der Waals surface area contributed by atoms with Crippen molar-refractivity contribution in [3.63, 3.8) is 0 Å². The third-order valence-electron chi connectivity index (χ3n) is 7.74. The van der Waals surface area contributed by atoms with Gasteiger partial charge in [-0.15, -0.1) is 0 Å². The molecule has 2 bridgehead atoms. The van der Waals surface area contributed by atoms with Crippen molar-refractivity contribution >= 4 is 5.57 Å². The van der Waals surface area contributed by atoms with Gasteiger partial charge in [-0.05, 0) is 59.9 Å². The Kier molecular flexibility index (Phi) is 3.05. The molecule has 0 radical (unpaired) electrons. The van der Waals surface area contributed by atoms with Gasteiger partial charge in [-0.1, -0.05) is 61.4 Å². The molecule has 2 atom stereocenters. The average molecular weight is 341 g/mol. The predicted octanol–water partition coefficient (Wildman–Crippen LogP) is 5.71. The monoisotopic (exact) mass is 341 g/mol. The van der Waals surface area contributed by atoms with Gasteiger partial charge in [0, 0.05) is 30.1 Å². The van der Waals surface area contributed by atoms with E-state index in [2.05, 4.69) is 60.4 Å². The molecule has 2 aromatic carbocycles. The Balaban J connectivity index is 1.54. The molecule has 3 aliphatic carbocycles. The van der Waals surface area contributed by atoms with Gasteiger partial charge in [0.05, 0.1) is 0 Å². The normalized spacial score (nSPS) is 29.1. The van der Waals surface area contributed by atoms with E-state index in [1.807, 2.05) is 0 Å². The maximum absolute atomic E-state index is 2.76. The quantitative estimate of drug-likeness (QED) is 0.676. The molecule has 2 unspecified atom stereocenters. The highest BCUT2D eigenvalue weighted by molar-refractivity contribution is 5.87. The van der Waals surface area contributed by atoms with Crippen LogP contribution < -0.4 is 0 Å². The van der Waals surface area contributed by atoms with Crippen LogP contribution in [-0.2, 0) is 5.41 Å². The van der Waals surface area contributed by atoms with Crippen LogP contribution >= 0.6 is 0 Å². The lowest BCUT2D eigenvalue weighted by molar-refractivity contribution is 0.273. The lowest BCUT2D eigenvalue weighted by Crippen LogP contribution is -2.35. The number of rotatable bonds is 2. The Morgan fingerprint density at radius 3 is 2.54 bits per heavy atom. The van der Waals surface area contributed by atoms with Crippen LogP contribution in [0.2, 0.25) is 0 Å². The highest BCUT2D eigenvalue weighted by atomic mass is 15.2. The Morgan fingerprint density at radius 1 is 0.962 bits per heavy atom. The first-order chi connectivity index (χ1) is 12.8. The number of hydrogen-bond donors (Lipinski definition) is 0. The number of hydrogen-bond acceptors (Lipinski definition) is 1. The second-order valence-corrected chi connectivity index (χ2v) is 9.00. The third kappa shape index (κ3) is 1.82. The van der Waals surface area contributed by atoms with Crippen LogP contribution in [0.25, 0.3) is 5.57 Å². The summed E-state index contributed by atoms with van der Waals surface area (Å²) in [4.78, 5) is 2.76. The van der Waals surface area contributed by atoms with Gasteiger partial charge in [0.15, 0.2) is 0 Å². The maximum atomic E-state index is 2.76. The zero-order valence-electron chi connectivity index (χ0n) is 15.7. The molecule has 1 heterocycles. The van der Waals surface area contributed by atoms with E-state index in [0.29, 0.717) is 5.92 Å². The summed E-state index contributed by atoms with van der Waals surface area (Å²) in [6.07, 6.45) is 7.01. The largest absolute Gasteiger partial charge is 0.373 e. The van der Waals surface area contributed by atoms with Crippen LogP contribution in [0.3, 0.4) is 0 Å². The molecule has 1 fully saturated rings. The van der Waals surface area contributed by atoms with Gasteiger partial charge in [-0.2, -0.15) is 0 Å². The Bertz CT molecular complexity index is 917. The SMILES string of the molecule is CC1=C2c3ccccc3C3CC2(CN1CC1CCCC1)c1ccccc13. The molecule has 26 heavy (non-hydrogen) atoms. The Morgan fingerprint density at radius 2 is 1.69 bits per heavy atom. The number of nitrogens with zero attached hydrogens (tertiary/aromatic N) is 1. The minimum Gasteiger partial charge on any atom is -0.373 e. The van der Waals surface area contributed by atoms with E-state index in [4.69, 9.17) is 0 Å². The van der Waals surface area contributed by atoms with Crippen LogP contribution in [0.1, 0.15) is 67.2 Å². The molecule has 132 valence electrons. The number of benzene rings is 2. The van der Waals surface area contributed by atoms with Crippen LogP contribution in [0.15, 0.2) is 54.2 Å². The average Bonchev–Trinajstić information content (AvgIpc) is 3.35. The van der Waals surface area contributed by atoms with Crippen molar-refractivity contribution < 1.29 is 0 Å². The van der Waals surface area contributed by atoms with Crippen molar-refractivity contribution in [3.05, 3.63) is 76.5 Å². The number of fused-ring (bicyclic) bond motifs is 3. The molecule has 2 aromatic rings. The van der Waals surface area contributed by atoms with E-state index < -0.39 is 0 Å². The zero-order valence-corrected chi connectivity index (χ0v) is 15.7. The molecule has 1 nitrogen and oxygen atoms in total. The van der Waals surface area contributed by atoms with E-state index in [1.54, 1.807) is 28.0 Å². The zero-order chi connectivity index (χ0) is 17.3. The van der Waals surface area contributed by atoms with Gasteiger partial charge in [0.1, 0.15) is 0 Å². The lowest BCUT2D eigenvalue weighted by atomic mass is 9.68. The van der Waals surface area contributed by atoms with E-state index in [1.165, 1.54) is 50.8 Å². The summed E-state index contributed by atoms with van der Waals surface area (Å²) in [6.45, 7) is 4.87. The molecule has 0 N–H and O–H groups in total. The highest BCUT2D eigenvalue weighted by Crippen LogP contribution is 2.63. The minimum absolute atomic E-state index is 0.234. The van der Waals surface area contributed by atoms with E-state index in [9.17, 15) is 0 Å². The van der Waals surface area contributed by atoms with Gasteiger partial charge < -0.3 is 4.90 Å². The summed E-state index contributed by atoms with van der Waals surface area (Å²) in [6, 6.07) is 18.5. The molecular weight excluding hydrogens is 314 g/mol. The molecule has 1 heteroatoms. The first kappa shape index (κ1) is 15.1. The first-order valence-corrected chi connectivity index (χ1v) is 10.4. The van der Waals surface area contributed by atoms with Gasteiger partial charge in [-0.3, -0.25) is 0 Å². The van der Waals surface area contributed by atoms with E-state index >= 15 is 0 Å². The van der Waals surface area contributed by atoms with Gasteiger partial charge in [0.2, 0.25) is 0 Å². The summed E-state index contributed by atoms with van der Waals surface area (Å²) in [5, 5.41) is 0. The fourth-order valence-electron chi connectivity index (χ4n) is 6.68. The Hall–Kier alpha value is -2.02. The van der Waals surface area contributed by atoms with Crippen molar-refractivity contribution in [2.45, 2.75) is 50.4 Å². The summed E-state index contributed by atoms with van der Waals surface area (Å²) >= 11 is 0. The van der Waals surface area contributed by atoms with Crippen molar-refractivity contribution in [2.24, 2.45) is 5.92 Å². The van der Waals surface area contributed by atoms with Crippen molar-refractivity contribution in [1.82, 2.24) is 4.90 Å². The topological polar surface area (TPSA) is 3.24 Å². The van der Waals surface area contributed by atoms with Crippen LogP contribution in [0.5, 0.6) is 0 Å². The standard InChI is InChI=1S/C25H27N/c1-17-24-21-12-5-4-10-19(21)22-14-25(24,23-13-7-6-11-20(22)23)16-26(17)15-18-8-2-3-9-18/h4-7,10-13,18,22H,2-3,8-9,14-16H2,1H3. The lowest BCUT2D eigenvalue weighted by Gasteiger charge is -2.35. The molecule has 0 saturated heterocycles. The summed E-state index contributed by atoms with van der Waals surface area (Å²) < 4.78 is 0. The fraction of sp³-hybridized carbons (Fsp3) is 0.440. The van der Waals surface area contributed by atoms with E-state index in [-0.39, 0.29) is 5.41 Å². The predicted molar refractivity (Wildman–Crippen MR) is 107 cm³/mol. The molecular formula is C25H27N. The second-order valence-electron chi connectivity index (χ2n) is 9.00. The third-order valence-corrected chi connectivity index (χ3v) is 7.74. The van der Waals surface area contributed by atoms with Gasteiger partial charge in [-0.25, -0.2) is 0 Å². The van der Waals surface area contributed by atoms with Crippen LogP contribution in [0.4, 0.5) is 0 Å². The smallest absolute Gasteiger partial charge is 0.0412 e. The summed E-state index contributed by atoms with van der Waals surface area (Å²) in [5.41, 5.74) is 9.73. The molecule has 4 aliphatic rings. The van der Waals surface area contributed by atoms with Crippen LogP contribution in [-0.4, -0.2) is 18.0 Å². The number of allylic oxidation sites excluding steroid dienone is 1.